The van der Waals surface area contributed by atoms with Crippen LogP contribution in [-0.2, 0) is 9.59 Å². The van der Waals surface area contributed by atoms with Crippen LogP contribution in [-0.4, -0.2) is 31.7 Å². The van der Waals surface area contributed by atoms with E-state index in [2.05, 4.69) is 15.8 Å². The predicted molar refractivity (Wildman–Crippen MR) is 117 cm³/mol. The number of nitrogens with zero attached hydrogens (tertiary/aromatic N) is 1. The molecule has 0 aliphatic carbocycles. The molecule has 7 nitrogen and oxygen atoms in total. The molecule has 0 fully saturated rings. The van der Waals surface area contributed by atoms with Gasteiger partial charge in [0.05, 0.1) is 19.9 Å². The Hall–Kier alpha value is -3.87. The third-order valence-corrected chi connectivity index (χ3v) is 4.31. The van der Waals surface area contributed by atoms with E-state index in [1.165, 1.54) is 0 Å². The highest BCUT2D eigenvalue weighted by Crippen LogP contribution is 2.27. The van der Waals surface area contributed by atoms with Gasteiger partial charge in [-0.15, -0.1) is 0 Å². The predicted octanol–water partition coefficient (Wildman–Crippen LogP) is 3.73. The standard InChI is InChI=1S/C23H23N3O4/c1-3-30-21-13-8-16(19-6-4-5-7-20(19)21)15-24-26-23(28)14-22(27)25-17-9-11-18(29-2)12-10-17/h4-13,15H,3,14H2,1-2H3,(H,25,27)(H,26,28). The summed E-state index contributed by atoms with van der Waals surface area (Å²) in [6.45, 7) is 2.51. The van der Waals surface area contributed by atoms with Gasteiger partial charge in [-0.3, -0.25) is 9.59 Å². The van der Waals surface area contributed by atoms with Crippen molar-refractivity contribution >= 4 is 34.5 Å². The van der Waals surface area contributed by atoms with Crippen molar-refractivity contribution in [2.75, 3.05) is 19.0 Å². The zero-order valence-corrected chi connectivity index (χ0v) is 16.8. The number of rotatable bonds is 8. The zero-order valence-electron chi connectivity index (χ0n) is 16.8. The van der Waals surface area contributed by atoms with E-state index in [1.54, 1.807) is 37.6 Å². The van der Waals surface area contributed by atoms with Crippen LogP contribution >= 0.6 is 0 Å². The van der Waals surface area contributed by atoms with Crippen molar-refractivity contribution in [2.45, 2.75) is 13.3 Å². The molecule has 3 aromatic carbocycles. The summed E-state index contributed by atoms with van der Waals surface area (Å²) in [5, 5.41) is 8.57. The Morgan fingerprint density at radius 3 is 2.40 bits per heavy atom. The van der Waals surface area contributed by atoms with Gasteiger partial charge in [0.25, 0.3) is 0 Å². The van der Waals surface area contributed by atoms with Gasteiger partial charge in [0.15, 0.2) is 0 Å². The lowest BCUT2D eigenvalue weighted by atomic mass is 10.0. The van der Waals surface area contributed by atoms with Gasteiger partial charge in [0, 0.05) is 16.6 Å². The molecule has 0 unspecified atom stereocenters. The number of amides is 2. The van der Waals surface area contributed by atoms with Gasteiger partial charge in [-0.05, 0) is 48.7 Å². The Labute approximate surface area is 174 Å². The van der Waals surface area contributed by atoms with Crippen molar-refractivity contribution in [1.82, 2.24) is 5.43 Å². The molecule has 30 heavy (non-hydrogen) atoms. The van der Waals surface area contributed by atoms with Crippen LogP contribution in [0.5, 0.6) is 11.5 Å². The SMILES string of the molecule is CCOc1ccc(C=NNC(=O)CC(=O)Nc2ccc(OC)cc2)c2ccccc12. The average molecular weight is 405 g/mol. The maximum absolute atomic E-state index is 12.0. The highest BCUT2D eigenvalue weighted by Gasteiger charge is 2.09. The van der Waals surface area contributed by atoms with E-state index in [0.29, 0.717) is 18.0 Å². The number of nitrogens with one attached hydrogen (secondary N) is 2. The number of hydrogen-bond acceptors (Lipinski definition) is 5. The number of hydrazone groups is 1. The van der Waals surface area contributed by atoms with E-state index in [0.717, 1.165) is 22.1 Å². The molecule has 3 aromatic rings. The van der Waals surface area contributed by atoms with Gasteiger partial charge in [0.1, 0.15) is 17.9 Å². The number of anilines is 1. The molecule has 2 N–H and O–H groups in total. The molecule has 154 valence electrons. The van der Waals surface area contributed by atoms with Crippen molar-refractivity contribution in [2.24, 2.45) is 5.10 Å². The number of ether oxygens (including phenoxy) is 2. The average Bonchev–Trinajstić information content (AvgIpc) is 2.75. The van der Waals surface area contributed by atoms with Crippen LogP contribution in [0.4, 0.5) is 5.69 Å². The second-order valence-electron chi connectivity index (χ2n) is 6.38. The van der Waals surface area contributed by atoms with E-state index in [4.69, 9.17) is 9.47 Å². The van der Waals surface area contributed by atoms with Crippen LogP contribution in [0.1, 0.15) is 18.9 Å². The van der Waals surface area contributed by atoms with Gasteiger partial charge in [-0.1, -0.05) is 24.3 Å². The van der Waals surface area contributed by atoms with Gasteiger partial charge >= 0.3 is 0 Å². The summed E-state index contributed by atoms with van der Waals surface area (Å²) in [5.41, 5.74) is 3.80. The summed E-state index contributed by atoms with van der Waals surface area (Å²) >= 11 is 0. The molecular formula is C23H23N3O4. The van der Waals surface area contributed by atoms with Crippen LogP contribution in [0.25, 0.3) is 10.8 Å². The molecule has 0 atom stereocenters. The molecule has 0 bridgehead atoms. The lowest BCUT2D eigenvalue weighted by molar-refractivity contribution is -0.126. The van der Waals surface area contributed by atoms with Crippen molar-refractivity contribution < 1.29 is 19.1 Å². The summed E-state index contributed by atoms with van der Waals surface area (Å²) in [4.78, 5) is 24.0. The smallest absolute Gasteiger partial charge is 0.249 e. The molecule has 0 heterocycles. The first-order valence-corrected chi connectivity index (χ1v) is 9.51. The van der Waals surface area contributed by atoms with E-state index in [1.807, 2.05) is 43.3 Å². The molecule has 0 saturated heterocycles. The van der Waals surface area contributed by atoms with E-state index < -0.39 is 11.8 Å². The molecule has 0 saturated carbocycles. The number of methoxy groups -OCH3 is 1. The lowest BCUT2D eigenvalue weighted by Gasteiger charge is -2.09. The minimum atomic E-state index is -0.507. The zero-order chi connectivity index (χ0) is 21.3. The molecule has 0 aliphatic heterocycles. The van der Waals surface area contributed by atoms with Crippen molar-refractivity contribution in [3.05, 3.63) is 66.2 Å². The van der Waals surface area contributed by atoms with Gasteiger partial charge in [-0.25, -0.2) is 5.43 Å². The summed E-state index contributed by atoms with van der Waals surface area (Å²) < 4.78 is 10.7. The first-order chi connectivity index (χ1) is 14.6. The first-order valence-electron chi connectivity index (χ1n) is 9.51. The summed E-state index contributed by atoms with van der Waals surface area (Å²) in [5.74, 6) is 0.540. The molecule has 0 radical (unpaired) electrons. The lowest BCUT2D eigenvalue weighted by Crippen LogP contribution is -2.24. The Kier molecular flexibility index (Phi) is 7.00. The summed E-state index contributed by atoms with van der Waals surface area (Å²) in [7, 11) is 1.56. The largest absolute Gasteiger partial charge is 0.497 e. The molecular weight excluding hydrogens is 382 g/mol. The Morgan fingerprint density at radius 2 is 1.70 bits per heavy atom. The number of carbonyl (C=O) groups is 2. The van der Waals surface area contributed by atoms with Crippen LogP contribution in [0, 0.1) is 0 Å². The fourth-order valence-corrected chi connectivity index (χ4v) is 2.93. The van der Waals surface area contributed by atoms with E-state index >= 15 is 0 Å². The second kappa shape index (κ2) is 10.1. The highest BCUT2D eigenvalue weighted by molar-refractivity contribution is 6.05. The van der Waals surface area contributed by atoms with Crippen LogP contribution in [0.15, 0.2) is 65.8 Å². The Balaban J connectivity index is 1.59. The topological polar surface area (TPSA) is 89.0 Å². The van der Waals surface area contributed by atoms with Gasteiger partial charge in [0.2, 0.25) is 11.8 Å². The molecule has 7 heteroatoms. The molecule has 2 amide bonds. The Morgan fingerprint density at radius 1 is 0.967 bits per heavy atom. The van der Waals surface area contributed by atoms with Crippen molar-refractivity contribution in [1.29, 1.82) is 0 Å². The number of hydrogen-bond donors (Lipinski definition) is 2. The maximum atomic E-state index is 12.0. The third kappa shape index (κ3) is 5.35. The van der Waals surface area contributed by atoms with Crippen molar-refractivity contribution in [3.8, 4) is 11.5 Å². The molecule has 0 spiro atoms. The highest BCUT2D eigenvalue weighted by atomic mass is 16.5. The third-order valence-electron chi connectivity index (χ3n) is 4.31. The normalized spacial score (nSPS) is 10.7. The van der Waals surface area contributed by atoms with E-state index in [9.17, 15) is 9.59 Å². The molecule has 3 rings (SSSR count). The maximum Gasteiger partial charge on any atom is 0.249 e. The van der Waals surface area contributed by atoms with Crippen LogP contribution < -0.4 is 20.2 Å². The fraction of sp³-hybridized carbons (Fsp3) is 0.174. The Bertz CT molecular complexity index is 1060. The van der Waals surface area contributed by atoms with E-state index in [-0.39, 0.29) is 6.42 Å². The van der Waals surface area contributed by atoms with Crippen LogP contribution in [0.2, 0.25) is 0 Å². The molecule has 0 aromatic heterocycles. The summed E-state index contributed by atoms with van der Waals surface area (Å²) in [6, 6.07) is 18.4. The number of fused-ring (bicyclic) bond motifs is 1. The second-order valence-corrected chi connectivity index (χ2v) is 6.38. The van der Waals surface area contributed by atoms with Crippen molar-refractivity contribution in [3.63, 3.8) is 0 Å². The number of benzene rings is 3. The summed E-state index contributed by atoms with van der Waals surface area (Å²) in [6.07, 6.45) is 1.21. The van der Waals surface area contributed by atoms with Crippen LogP contribution in [0.3, 0.4) is 0 Å². The molecule has 0 aliphatic rings. The number of carbonyl (C=O) groups excluding carboxylic acids is 2. The van der Waals surface area contributed by atoms with Gasteiger partial charge < -0.3 is 14.8 Å². The first kappa shape index (κ1) is 20.9. The van der Waals surface area contributed by atoms with Gasteiger partial charge in [-0.2, -0.15) is 5.10 Å². The monoisotopic (exact) mass is 405 g/mol. The quantitative estimate of drug-likeness (QED) is 0.340. The fourth-order valence-electron chi connectivity index (χ4n) is 2.93. The minimum absolute atomic E-state index is 0.340. The minimum Gasteiger partial charge on any atom is -0.497 e.